The predicted octanol–water partition coefficient (Wildman–Crippen LogP) is 1.60. The topological polar surface area (TPSA) is 88.9 Å². The van der Waals surface area contributed by atoms with E-state index in [9.17, 15) is 13.2 Å². The van der Waals surface area contributed by atoms with Gasteiger partial charge < -0.3 is 14.1 Å². The zero-order valence-corrected chi connectivity index (χ0v) is 15.4. The van der Waals surface area contributed by atoms with Crippen molar-refractivity contribution in [1.29, 1.82) is 0 Å². The summed E-state index contributed by atoms with van der Waals surface area (Å²) in [6.07, 6.45) is 2.87. The molecule has 140 valence electrons. The molecule has 4 rings (SSSR count). The second-order valence-corrected chi connectivity index (χ2v) is 9.16. The lowest BCUT2D eigenvalue weighted by atomic mass is 9.83. The molecule has 2 aromatic rings. The van der Waals surface area contributed by atoms with Crippen LogP contribution in [-0.4, -0.2) is 57.3 Å². The number of amides is 1. The molecule has 1 aromatic carbocycles. The van der Waals surface area contributed by atoms with E-state index >= 15 is 0 Å². The van der Waals surface area contributed by atoms with Crippen molar-refractivity contribution >= 4 is 26.9 Å². The van der Waals surface area contributed by atoms with Crippen LogP contribution >= 0.6 is 0 Å². The second-order valence-electron chi connectivity index (χ2n) is 7.33. The molecule has 3 heterocycles. The van der Waals surface area contributed by atoms with Gasteiger partial charge in [-0.1, -0.05) is 18.2 Å². The first-order valence-electron chi connectivity index (χ1n) is 8.70. The van der Waals surface area contributed by atoms with Crippen molar-refractivity contribution in [2.24, 2.45) is 5.92 Å². The first-order valence-corrected chi connectivity index (χ1v) is 10.6. The standard InChI is InChI=1S/C18H22N2O5S/c1-26(22,23)19-9-13-6-7-18(24-10-13)11-20(12-18)17(21)16-8-14-4-2-3-5-15(14)25-16/h2-5,8,13,19H,6-7,9-12H2,1H3. The minimum Gasteiger partial charge on any atom is -0.451 e. The Balaban J connectivity index is 1.32. The number of ether oxygens (including phenoxy) is 1. The number of carbonyl (C=O) groups excluding carboxylic acids is 1. The Morgan fingerprint density at radius 1 is 1.35 bits per heavy atom. The maximum absolute atomic E-state index is 12.6. The van der Waals surface area contributed by atoms with E-state index < -0.39 is 10.0 Å². The second kappa shape index (κ2) is 6.37. The molecule has 26 heavy (non-hydrogen) atoms. The summed E-state index contributed by atoms with van der Waals surface area (Å²) in [7, 11) is -3.17. The highest BCUT2D eigenvalue weighted by atomic mass is 32.2. The molecule has 1 atom stereocenters. The monoisotopic (exact) mass is 378 g/mol. The Bertz CT molecular complexity index is 887. The third-order valence-electron chi connectivity index (χ3n) is 5.15. The SMILES string of the molecule is CS(=O)(=O)NCC1CCC2(CN(C(=O)c3cc4ccccc4o3)C2)OC1. The molecule has 2 saturated heterocycles. The van der Waals surface area contributed by atoms with Crippen molar-refractivity contribution in [1.82, 2.24) is 9.62 Å². The number of nitrogens with zero attached hydrogens (tertiary/aromatic N) is 1. The molecule has 2 fully saturated rings. The normalized spacial score (nSPS) is 22.5. The van der Waals surface area contributed by atoms with E-state index in [0.717, 1.165) is 24.5 Å². The van der Waals surface area contributed by atoms with Crippen LogP contribution in [0.4, 0.5) is 0 Å². The maximum Gasteiger partial charge on any atom is 0.289 e. The fraction of sp³-hybridized carbons (Fsp3) is 0.500. The van der Waals surface area contributed by atoms with Gasteiger partial charge in [-0.2, -0.15) is 0 Å². The quantitative estimate of drug-likeness (QED) is 0.873. The largest absolute Gasteiger partial charge is 0.451 e. The Labute approximate surface area is 152 Å². The molecule has 8 heteroatoms. The van der Waals surface area contributed by atoms with Gasteiger partial charge in [-0.05, 0) is 30.9 Å². The van der Waals surface area contributed by atoms with Crippen molar-refractivity contribution in [2.75, 3.05) is 32.5 Å². The van der Waals surface area contributed by atoms with E-state index in [-0.39, 0.29) is 17.4 Å². The highest BCUT2D eigenvalue weighted by Crippen LogP contribution is 2.37. The zero-order valence-electron chi connectivity index (χ0n) is 14.6. The Hall–Kier alpha value is -1.90. The van der Waals surface area contributed by atoms with Gasteiger partial charge >= 0.3 is 0 Å². The molecule has 0 aliphatic carbocycles. The number of fused-ring (bicyclic) bond motifs is 1. The molecular weight excluding hydrogens is 356 g/mol. The molecule has 7 nitrogen and oxygen atoms in total. The number of sulfonamides is 1. The number of benzene rings is 1. The number of likely N-dealkylation sites (tertiary alicyclic amines) is 1. The first kappa shape index (κ1) is 17.5. The first-order chi connectivity index (χ1) is 12.3. The zero-order chi connectivity index (χ0) is 18.4. The van der Waals surface area contributed by atoms with E-state index in [4.69, 9.17) is 9.15 Å². The summed E-state index contributed by atoms with van der Waals surface area (Å²) in [5, 5.41) is 0.918. The average Bonchev–Trinajstić information content (AvgIpc) is 3.01. The van der Waals surface area contributed by atoms with Gasteiger partial charge in [0.2, 0.25) is 10.0 Å². The number of rotatable bonds is 4. The van der Waals surface area contributed by atoms with Crippen LogP contribution in [0.5, 0.6) is 0 Å². The molecule has 2 aliphatic heterocycles. The van der Waals surface area contributed by atoms with E-state index in [1.54, 1.807) is 11.0 Å². The summed E-state index contributed by atoms with van der Waals surface area (Å²) in [5.74, 6) is 0.416. The molecule has 0 bridgehead atoms. The molecule has 0 radical (unpaired) electrons. The number of hydrogen-bond donors (Lipinski definition) is 1. The summed E-state index contributed by atoms with van der Waals surface area (Å²) in [6, 6.07) is 9.33. The predicted molar refractivity (Wildman–Crippen MR) is 96.4 cm³/mol. The summed E-state index contributed by atoms with van der Waals surface area (Å²) >= 11 is 0. The van der Waals surface area contributed by atoms with E-state index in [0.29, 0.717) is 37.6 Å². The van der Waals surface area contributed by atoms with Crippen LogP contribution in [0.2, 0.25) is 0 Å². The van der Waals surface area contributed by atoms with Crippen molar-refractivity contribution in [3.63, 3.8) is 0 Å². The minimum atomic E-state index is -3.17. The fourth-order valence-corrected chi connectivity index (χ4v) is 4.17. The average molecular weight is 378 g/mol. The van der Waals surface area contributed by atoms with Crippen LogP contribution in [0.3, 0.4) is 0 Å². The van der Waals surface area contributed by atoms with Crippen LogP contribution in [0.1, 0.15) is 23.4 Å². The summed E-state index contributed by atoms with van der Waals surface area (Å²) < 4.78 is 36.5. The van der Waals surface area contributed by atoms with E-state index in [2.05, 4.69) is 4.72 Å². The molecule has 1 amide bonds. The van der Waals surface area contributed by atoms with Crippen molar-refractivity contribution in [3.8, 4) is 0 Å². The van der Waals surface area contributed by atoms with Crippen LogP contribution < -0.4 is 4.72 Å². The minimum absolute atomic E-state index is 0.115. The van der Waals surface area contributed by atoms with Gasteiger partial charge in [-0.3, -0.25) is 4.79 Å². The molecule has 1 N–H and O–H groups in total. The van der Waals surface area contributed by atoms with Crippen molar-refractivity contribution in [2.45, 2.75) is 18.4 Å². The molecular formula is C18H22N2O5S. The van der Waals surface area contributed by atoms with Crippen LogP contribution in [0.25, 0.3) is 11.0 Å². The van der Waals surface area contributed by atoms with Gasteiger partial charge in [-0.15, -0.1) is 0 Å². The van der Waals surface area contributed by atoms with Crippen LogP contribution in [0, 0.1) is 5.92 Å². The van der Waals surface area contributed by atoms with Gasteiger partial charge in [0.05, 0.1) is 26.0 Å². The van der Waals surface area contributed by atoms with E-state index in [1.165, 1.54) is 0 Å². The lowest BCUT2D eigenvalue weighted by Crippen LogP contribution is -2.66. The molecule has 1 aromatic heterocycles. The Kier molecular flexibility index (Phi) is 4.29. The Morgan fingerprint density at radius 2 is 2.12 bits per heavy atom. The van der Waals surface area contributed by atoms with Crippen molar-refractivity contribution < 1.29 is 22.4 Å². The van der Waals surface area contributed by atoms with Gasteiger partial charge in [0.1, 0.15) is 11.2 Å². The number of hydrogen-bond acceptors (Lipinski definition) is 5. The summed E-state index contributed by atoms with van der Waals surface area (Å²) in [5.41, 5.74) is 0.421. The number of furan rings is 1. The smallest absolute Gasteiger partial charge is 0.289 e. The van der Waals surface area contributed by atoms with Gasteiger partial charge in [0, 0.05) is 11.9 Å². The van der Waals surface area contributed by atoms with Crippen LogP contribution in [-0.2, 0) is 14.8 Å². The van der Waals surface area contributed by atoms with Gasteiger partial charge in [-0.25, -0.2) is 13.1 Å². The molecule has 1 spiro atoms. The van der Waals surface area contributed by atoms with Crippen molar-refractivity contribution in [3.05, 3.63) is 36.1 Å². The Morgan fingerprint density at radius 3 is 2.77 bits per heavy atom. The molecule has 0 saturated carbocycles. The molecule has 2 aliphatic rings. The molecule has 1 unspecified atom stereocenters. The highest BCUT2D eigenvalue weighted by Gasteiger charge is 2.49. The van der Waals surface area contributed by atoms with Crippen LogP contribution in [0.15, 0.2) is 34.7 Å². The number of para-hydroxylation sites is 1. The summed E-state index contributed by atoms with van der Waals surface area (Å²) in [6.45, 7) is 2.01. The van der Waals surface area contributed by atoms with Gasteiger partial charge in [0.15, 0.2) is 5.76 Å². The third-order valence-corrected chi connectivity index (χ3v) is 5.84. The number of nitrogens with one attached hydrogen (secondary N) is 1. The van der Waals surface area contributed by atoms with Gasteiger partial charge in [0.25, 0.3) is 5.91 Å². The highest BCUT2D eigenvalue weighted by molar-refractivity contribution is 7.88. The fourth-order valence-electron chi connectivity index (χ4n) is 3.63. The number of carbonyl (C=O) groups is 1. The lowest BCUT2D eigenvalue weighted by Gasteiger charge is -2.52. The lowest BCUT2D eigenvalue weighted by molar-refractivity contribution is -0.166. The maximum atomic E-state index is 12.6. The van der Waals surface area contributed by atoms with E-state index in [1.807, 2.05) is 24.3 Å². The summed E-state index contributed by atoms with van der Waals surface area (Å²) in [4.78, 5) is 14.3. The third kappa shape index (κ3) is 3.49.